The zero-order valence-corrected chi connectivity index (χ0v) is 15.3. The molecule has 1 aromatic rings. The van der Waals surface area contributed by atoms with Crippen LogP contribution >= 0.6 is 0 Å². The lowest BCUT2D eigenvalue weighted by molar-refractivity contribution is -0.127. The fourth-order valence-corrected chi connectivity index (χ4v) is 3.97. The third-order valence-corrected chi connectivity index (χ3v) is 5.51. The molecule has 2 atom stereocenters. The fraction of sp³-hybridized carbons (Fsp3) is 0.650. The Labute approximate surface area is 151 Å². The lowest BCUT2D eigenvalue weighted by Crippen LogP contribution is -2.53. The molecule has 0 aromatic heterocycles. The number of rotatable bonds is 7. The standard InChI is InChI=1S/C20H31N3O2/c1-17-15-21(10-6-12-22-11-5-9-20(22)25)13-14-23(17)16-19(24)18-7-3-2-4-8-18/h2-4,7-8,17,19,24H,5-6,9-16H2,1H3. The maximum Gasteiger partial charge on any atom is 0.222 e. The molecule has 2 saturated heterocycles. The summed E-state index contributed by atoms with van der Waals surface area (Å²) in [5.41, 5.74) is 0.993. The first-order chi connectivity index (χ1) is 12.1. The number of hydrogen-bond donors (Lipinski definition) is 1. The average molecular weight is 345 g/mol. The Hall–Kier alpha value is -1.43. The Kier molecular flexibility index (Phi) is 6.45. The second kappa shape index (κ2) is 8.79. The summed E-state index contributed by atoms with van der Waals surface area (Å²) >= 11 is 0. The van der Waals surface area contributed by atoms with Crippen LogP contribution in [0.3, 0.4) is 0 Å². The summed E-state index contributed by atoms with van der Waals surface area (Å²) in [5, 5.41) is 10.5. The van der Waals surface area contributed by atoms with Crippen LogP contribution in [-0.2, 0) is 4.79 Å². The highest BCUT2D eigenvalue weighted by Crippen LogP contribution is 2.18. The van der Waals surface area contributed by atoms with Crippen LogP contribution in [0.5, 0.6) is 0 Å². The number of carbonyl (C=O) groups is 1. The minimum Gasteiger partial charge on any atom is -0.387 e. The number of β-amino-alcohol motifs (C(OH)–C–C–N with tert-alkyl or cyclic N) is 1. The van der Waals surface area contributed by atoms with Gasteiger partial charge in [0.2, 0.25) is 5.91 Å². The van der Waals surface area contributed by atoms with Crippen LogP contribution < -0.4 is 0 Å². The number of likely N-dealkylation sites (tertiary alicyclic amines) is 1. The van der Waals surface area contributed by atoms with Crippen LogP contribution in [-0.4, -0.2) is 77.6 Å². The molecule has 138 valence electrons. The third kappa shape index (κ3) is 5.03. The van der Waals surface area contributed by atoms with Crippen LogP contribution in [0, 0.1) is 0 Å². The van der Waals surface area contributed by atoms with E-state index in [1.54, 1.807) is 0 Å². The number of nitrogens with zero attached hydrogens (tertiary/aromatic N) is 3. The van der Waals surface area contributed by atoms with Crippen LogP contribution in [0.4, 0.5) is 0 Å². The van der Waals surface area contributed by atoms with Crippen molar-refractivity contribution in [1.82, 2.24) is 14.7 Å². The van der Waals surface area contributed by atoms with E-state index in [1.807, 2.05) is 35.2 Å². The molecule has 0 saturated carbocycles. The van der Waals surface area contributed by atoms with E-state index in [0.717, 1.165) is 64.1 Å². The molecule has 2 unspecified atom stereocenters. The Bertz CT molecular complexity index is 551. The summed E-state index contributed by atoms with van der Waals surface area (Å²) in [7, 11) is 0. The molecule has 25 heavy (non-hydrogen) atoms. The van der Waals surface area contributed by atoms with Crippen molar-refractivity contribution in [2.24, 2.45) is 0 Å². The van der Waals surface area contributed by atoms with Gasteiger partial charge in [-0.2, -0.15) is 0 Å². The summed E-state index contributed by atoms with van der Waals surface area (Å²) in [6.07, 6.45) is 2.40. The van der Waals surface area contributed by atoms with Gasteiger partial charge < -0.3 is 14.9 Å². The van der Waals surface area contributed by atoms with Gasteiger partial charge in [0.15, 0.2) is 0 Å². The molecule has 1 N–H and O–H groups in total. The molecule has 2 aliphatic heterocycles. The van der Waals surface area contributed by atoms with Crippen molar-refractivity contribution in [3.63, 3.8) is 0 Å². The Balaban J connectivity index is 1.39. The predicted octanol–water partition coefficient (Wildman–Crippen LogP) is 1.74. The summed E-state index contributed by atoms with van der Waals surface area (Å²) in [6, 6.07) is 10.4. The number of carbonyl (C=O) groups excluding carboxylic acids is 1. The molecule has 2 fully saturated rings. The van der Waals surface area contributed by atoms with E-state index in [1.165, 1.54) is 0 Å². The molecule has 1 amide bonds. The first kappa shape index (κ1) is 18.4. The molecular weight excluding hydrogens is 314 g/mol. The van der Waals surface area contributed by atoms with E-state index in [2.05, 4.69) is 16.7 Å². The second-order valence-electron chi connectivity index (χ2n) is 7.41. The molecule has 5 nitrogen and oxygen atoms in total. The molecule has 2 aliphatic rings. The number of aliphatic hydroxyl groups excluding tert-OH is 1. The number of aliphatic hydroxyl groups is 1. The van der Waals surface area contributed by atoms with E-state index in [0.29, 0.717) is 18.5 Å². The van der Waals surface area contributed by atoms with Crippen molar-refractivity contribution in [1.29, 1.82) is 0 Å². The molecule has 0 aliphatic carbocycles. The molecule has 0 bridgehead atoms. The maximum absolute atomic E-state index is 11.7. The molecule has 0 radical (unpaired) electrons. The highest BCUT2D eigenvalue weighted by molar-refractivity contribution is 5.77. The average Bonchev–Trinajstić information content (AvgIpc) is 3.03. The van der Waals surface area contributed by atoms with Gasteiger partial charge in [0.25, 0.3) is 0 Å². The molecule has 3 rings (SSSR count). The van der Waals surface area contributed by atoms with Gasteiger partial charge in [0.05, 0.1) is 6.10 Å². The van der Waals surface area contributed by atoms with Crippen LogP contribution in [0.15, 0.2) is 30.3 Å². The van der Waals surface area contributed by atoms with E-state index < -0.39 is 6.10 Å². The first-order valence-electron chi connectivity index (χ1n) is 9.60. The number of benzene rings is 1. The predicted molar refractivity (Wildman–Crippen MR) is 99.3 cm³/mol. The highest BCUT2D eigenvalue weighted by atomic mass is 16.3. The summed E-state index contributed by atoms with van der Waals surface area (Å²) < 4.78 is 0. The summed E-state index contributed by atoms with van der Waals surface area (Å²) in [5.74, 6) is 0.327. The van der Waals surface area contributed by atoms with Gasteiger partial charge in [0, 0.05) is 51.7 Å². The summed E-state index contributed by atoms with van der Waals surface area (Å²) in [6.45, 7) is 8.92. The molecule has 1 aromatic carbocycles. The second-order valence-corrected chi connectivity index (χ2v) is 7.41. The topological polar surface area (TPSA) is 47.0 Å². The van der Waals surface area contributed by atoms with Crippen molar-refractivity contribution in [2.45, 2.75) is 38.3 Å². The lowest BCUT2D eigenvalue weighted by atomic mass is 10.1. The maximum atomic E-state index is 11.7. The minimum atomic E-state index is -0.420. The zero-order chi connectivity index (χ0) is 17.6. The van der Waals surface area contributed by atoms with E-state index in [9.17, 15) is 9.90 Å². The van der Waals surface area contributed by atoms with Gasteiger partial charge >= 0.3 is 0 Å². The fourth-order valence-electron chi connectivity index (χ4n) is 3.97. The number of hydrogen-bond acceptors (Lipinski definition) is 4. The smallest absolute Gasteiger partial charge is 0.222 e. The van der Waals surface area contributed by atoms with E-state index in [4.69, 9.17) is 0 Å². The van der Waals surface area contributed by atoms with Gasteiger partial charge in [-0.25, -0.2) is 0 Å². The van der Waals surface area contributed by atoms with Crippen LogP contribution in [0.25, 0.3) is 0 Å². The summed E-state index contributed by atoms with van der Waals surface area (Å²) in [4.78, 5) is 18.5. The van der Waals surface area contributed by atoms with Gasteiger partial charge in [-0.15, -0.1) is 0 Å². The molecular formula is C20H31N3O2. The molecule has 5 heteroatoms. The Morgan fingerprint density at radius 3 is 2.64 bits per heavy atom. The normalized spacial score (nSPS) is 24.0. The van der Waals surface area contributed by atoms with Crippen molar-refractivity contribution < 1.29 is 9.90 Å². The highest BCUT2D eigenvalue weighted by Gasteiger charge is 2.26. The lowest BCUT2D eigenvalue weighted by Gasteiger charge is -2.40. The first-order valence-corrected chi connectivity index (χ1v) is 9.60. The Morgan fingerprint density at radius 2 is 1.96 bits per heavy atom. The van der Waals surface area contributed by atoms with Crippen molar-refractivity contribution >= 4 is 5.91 Å². The monoisotopic (exact) mass is 345 g/mol. The van der Waals surface area contributed by atoms with Crippen molar-refractivity contribution in [3.8, 4) is 0 Å². The van der Waals surface area contributed by atoms with Gasteiger partial charge in [-0.3, -0.25) is 9.69 Å². The number of piperazine rings is 1. The van der Waals surface area contributed by atoms with Gasteiger partial charge in [0.1, 0.15) is 0 Å². The zero-order valence-electron chi connectivity index (χ0n) is 15.3. The third-order valence-electron chi connectivity index (χ3n) is 5.51. The van der Waals surface area contributed by atoms with Gasteiger partial charge in [-0.1, -0.05) is 30.3 Å². The molecule has 0 spiro atoms. The van der Waals surface area contributed by atoms with Crippen LogP contribution in [0.1, 0.15) is 37.9 Å². The number of amides is 1. The molecule has 2 heterocycles. The largest absolute Gasteiger partial charge is 0.387 e. The van der Waals surface area contributed by atoms with Gasteiger partial charge in [-0.05, 0) is 31.9 Å². The van der Waals surface area contributed by atoms with Crippen molar-refractivity contribution in [2.75, 3.05) is 45.8 Å². The quantitative estimate of drug-likeness (QED) is 0.818. The van der Waals surface area contributed by atoms with Crippen molar-refractivity contribution in [3.05, 3.63) is 35.9 Å². The SMILES string of the molecule is CC1CN(CCCN2CCCC2=O)CCN1CC(O)c1ccccc1. The van der Waals surface area contributed by atoms with E-state index >= 15 is 0 Å². The minimum absolute atomic E-state index is 0.327. The van der Waals surface area contributed by atoms with Crippen LogP contribution in [0.2, 0.25) is 0 Å². The van der Waals surface area contributed by atoms with E-state index in [-0.39, 0.29) is 0 Å². The Morgan fingerprint density at radius 1 is 1.16 bits per heavy atom.